The van der Waals surface area contributed by atoms with Crippen LogP contribution in [-0.2, 0) is 6.54 Å². The summed E-state index contributed by atoms with van der Waals surface area (Å²) in [5, 5.41) is 6.49. The number of nitrogens with zero attached hydrogens (tertiary/aromatic N) is 4. The molecular formula is C20H18F3N5O2. The van der Waals surface area contributed by atoms with Gasteiger partial charge < -0.3 is 14.7 Å². The molecule has 10 heteroatoms. The second-order valence-corrected chi connectivity index (χ2v) is 6.85. The Morgan fingerprint density at radius 1 is 1.03 bits per heavy atom. The number of aromatic nitrogens is 2. The molecule has 3 aromatic rings. The van der Waals surface area contributed by atoms with Crippen LogP contribution in [0, 0.1) is 17.5 Å². The molecule has 1 fully saturated rings. The van der Waals surface area contributed by atoms with Crippen LogP contribution in [-0.4, -0.2) is 52.2 Å². The molecular weight excluding hydrogens is 399 g/mol. The lowest BCUT2D eigenvalue weighted by molar-refractivity contribution is 0.140. The minimum Gasteiger partial charge on any atom is -0.334 e. The standard InChI is InChI=1S/C20H18F3N5O2/c21-14-3-1-2-13(10-14)19-25-18(26-30-19)12-27-6-8-28(9-7-27)20(29)24-15-4-5-16(22)17(23)11-15/h1-5,10-11H,6-9,12H2,(H,24,29). The fourth-order valence-corrected chi connectivity index (χ4v) is 3.14. The van der Waals surface area contributed by atoms with E-state index in [9.17, 15) is 18.0 Å². The Bertz CT molecular complexity index is 1050. The molecule has 2 aromatic carbocycles. The van der Waals surface area contributed by atoms with E-state index in [1.165, 1.54) is 18.2 Å². The second kappa shape index (κ2) is 8.54. The summed E-state index contributed by atoms with van der Waals surface area (Å²) in [6, 6.07) is 8.74. The van der Waals surface area contributed by atoms with Gasteiger partial charge in [0.2, 0.25) is 0 Å². The Balaban J connectivity index is 1.29. The summed E-state index contributed by atoms with van der Waals surface area (Å²) < 4.78 is 44.8. The molecule has 0 unspecified atom stereocenters. The van der Waals surface area contributed by atoms with Crippen molar-refractivity contribution in [1.82, 2.24) is 19.9 Å². The molecule has 1 aliphatic heterocycles. The fourth-order valence-electron chi connectivity index (χ4n) is 3.14. The molecule has 0 aliphatic carbocycles. The van der Waals surface area contributed by atoms with E-state index >= 15 is 0 Å². The van der Waals surface area contributed by atoms with Gasteiger partial charge in [-0.2, -0.15) is 4.98 Å². The van der Waals surface area contributed by atoms with Crippen LogP contribution in [0.1, 0.15) is 5.82 Å². The van der Waals surface area contributed by atoms with Gasteiger partial charge in [-0.25, -0.2) is 18.0 Å². The van der Waals surface area contributed by atoms with Crippen LogP contribution in [0.2, 0.25) is 0 Å². The van der Waals surface area contributed by atoms with Crippen molar-refractivity contribution < 1.29 is 22.5 Å². The Labute approximate surface area is 170 Å². The molecule has 1 aromatic heterocycles. The van der Waals surface area contributed by atoms with Gasteiger partial charge >= 0.3 is 6.03 Å². The number of nitrogens with one attached hydrogen (secondary N) is 1. The Morgan fingerprint density at radius 2 is 1.83 bits per heavy atom. The summed E-state index contributed by atoms with van der Waals surface area (Å²) in [5.41, 5.74) is 0.700. The average molecular weight is 417 g/mol. The summed E-state index contributed by atoms with van der Waals surface area (Å²) in [6.07, 6.45) is 0. The zero-order valence-corrected chi connectivity index (χ0v) is 15.8. The average Bonchev–Trinajstić information content (AvgIpc) is 3.20. The van der Waals surface area contributed by atoms with Crippen molar-refractivity contribution in [2.75, 3.05) is 31.5 Å². The normalized spacial score (nSPS) is 14.7. The number of carbonyl (C=O) groups is 1. The lowest BCUT2D eigenvalue weighted by Gasteiger charge is -2.34. The largest absolute Gasteiger partial charge is 0.334 e. The fraction of sp³-hybridized carbons (Fsp3) is 0.250. The summed E-state index contributed by atoms with van der Waals surface area (Å²) in [7, 11) is 0. The van der Waals surface area contributed by atoms with E-state index in [1.807, 2.05) is 0 Å². The highest BCUT2D eigenvalue weighted by Crippen LogP contribution is 2.19. The Hall–Kier alpha value is -3.40. The van der Waals surface area contributed by atoms with Crippen molar-refractivity contribution in [3.05, 3.63) is 65.7 Å². The van der Waals surface area contributed by atoms with Gasteiger partial charge in [-0.15, -0.1) is 0 Å². The number of hydrogen-bond acceptors (Lipinski definition) is 5. The predicted molar refractivity (Wildman–Crippen MR) is 102 cm³/mol. The first-order valence-electron chi connectivity index (χ1n) is 9.30. The van der Waals surface area contributed by atoms with Crippen LogP contribution >= 0.6 is 0 Å². The van der Waals surface area contributed by atoms with Crippen LogP contribution in [0.25, 0.3) is 11.5 Å². The van der Waals surface area contributed by atoms with E-state index in [-0.39, 0.29) is 23.4 Å². The van der Waals surface area contributed by atoms with Crippen LogP contribution in [0.15, 0.2) is 47.0 Å². The van der Waals surface area contributed by atoms with E-state index < -0.39 is 11.6 Å². The number of carbonyl (C=O) groups excluding carboxylic acids is 1. The van der Waals surface area contributed by atoms with Crippen LogP contribution in [0.3, 0.4) is 0 Å². The Morgan fingerprint density at radius 3 is 2.57 bits per heavy atom. The third-order valence-electron chi connectivity index (χ3n) is 4.74. The molecule has 0 saturated carbocycles. The van der Waals surface area contributed by atoms with Gasteiger partial charge in [-0.05, 0) is 30.3 Å². The smallest absolute Gasteiger partial charge is 0.321 e. The predicted octanol–water partition coefficient (Wildman–Crippen LogP) is 3.50. The SMILES string of the molecule is O=C(Nc1ccc(F)c(F)c1)N1CCN(Cc2noc(-c3cccc(F)c3)n2)CC1. The minimum atomic E-state index is -1.02. The van der Waals surface area contributed by atoms with Crippen LogP contribution in [0.5, 0.6) is 0 Å². The molecule has 0 spiro atoms. The van der Waals surface area contributed by atoms with Crippen LogP contribution in [0.4, 0.5) is 23.7 Å². The lowest BCUT2D eigenvalue weighted by Crippen LogP contribution is -2.49. The van der Waals surface area contributed by atoms with E-state index in [2.05, 4.69) is 20.4 Å². The van der Waals surface area contributed by atoms with Gasteiger partial charge in [-0.1, -0.05) is 11.2 Å². The molecule has 0 radical (unpaired) electrons. The zero-order valence-electron chi connectivity index (χ0n) is 15.8. The summed E-state index contributed by atoms with van der Waals surface area (Å²) in [4.78, 5) is 20.3. The number of benzene rings is 2. The molecule has 0 atom stereocenters. The number of hydrogen-bond donors (Lipinski definition) is 1. The van der Waals surface area contributed by atoms with Gasteiger partial charge in [0.1, 0.15) is 5.82 Å². The highest BCUT2D eigenvalue weighted by atomic mass is 19.2. The van der Waals surface area contributed by atoms with Crippen molar-refractivity contribution in [1.29, 1.82) is 0 Å². The topological polar surface area (TPSA) is 74.5 Å². The molecule has 2 amide bonds. The van der Waals surface area contributed by atoms with Crippen LogP contribution < -0.4 is 5.32 Å². The molecule has 0 bridgehead atoms. The van der Waals surface area contributed by atoms with Crippen molar-refractivity contribution in [3.8, 4) is 11.5 Å². The van der Waals surface area contributed by atoms with Gasteiger partial charge in [0.05, 0.1) is 6.54 Å². The maximum atomic E-state index is 13.3. The minimum absolute atomic E-state index is 0.193. The highest BCUT2D eigenvalue weighted by Gasteiger charge is 2.23. The number of piperazine rings is 1. The van der Waals surface area contributed by atoms with Crippen molar-refractivity contribution in [2.45, 2.75) is 6.54 Å². The molecule has 1 saturated heterocycles. The van der Waals surface area contributed by atoms with Gasteiger partial charge in [-0.3, -0.25) is 4.90 Å². The first kappa shape index (κ1) is 19.9. The highest BCUT2D eigenvalue weighted by molar-refractivity contribution is 5.89. The van der Waals surface area contributed by atoms with Crippen molar-refractivity contribution >= 4 is 11.7 Å². The third kappa shape index (κ3) is 4.60. The first-order valence-corrected chi connectivity index (χ1v) is 9.30. The molecule has 30 heavy (non-hydrogen) atoms. The van der Waals surface area contributed by atoms with E-state index in [1.54, 1.807) is 17.0 Å². The molecule has 7 nitrogen and oxygen atoms in total. The van der Waals surface area contributed by atoms with Crippen molar-refractivity contribution in [3.63, 3.8) is 0 Å². The first-order chi connectivity index (χ1) is 14.5. The number of urea groups is 1. The number of rotatable bonds is 4. The zero-order chi connectivity index (χ0) is 21.1. The molecule has 4 rings (SSSR count). The molecule has 2 heterocycles. The van der Waals surface area contributed by atoms with E-state index in [0.29, 0.717) is 44.1 Å². The second-order valence-electron chi connectivity index (χ2n) is 6.85. The summed E-state index contributed by atoms with van der Waals surface area (Å²) >= 11 is 0. The van der Waals surface area contributed by atoms with Gasteiger partial charge in [0, 0.05) is 43.5 Å². The lowest BCUT2D eigenvalue weighted by atomic mass is 10.2. The Kier molecular flexibility index (Phi) is 5.66. The summed E-state index contributed by atoms with van der Waals surface area (Å²) in [5.74, 6) is -1.66. The maximum absolute atomic E-state index is 13.3. The number of amides is 2. The van der Waals surface area contributed by atoms with Gasteiger partial charge in [0.15, 0.2) is 17.5 Å². The maximum Gasteiger partial charge on any atom is 0.321 e. The number of anilines is 1. The molecule has 156 valence electrons. The quantitative estimate of drug-likeness (QED) is 0.703. The van der Waals surface area contributed by atoms with E-state index in [0.717, 1.165) is 12.1 Å². The molecule has 1 aliphatic rings. The summed E-state index contributed by atoms with van der Waals surface area (Å²) in [6.45, 7) is 2.48. The monoisotopic (exact) mass is 417 g/mol. The third-order valence-corrected chi connectivity index (χ3v) is 4.74. The van der Waals surface area contributed by atoms with Crippen molar-refractivity contribution in [2.24, 2.45) is 0 Å². The van der Waals surface area contributed by atoms with E-state index in [4.69, 9.17) is 4.52 Å². The molecule has 1 N–H and O–H groups in total. The van der Waals surface area contributed by atoms with Gasteiger partial charge in [0.25, 0.3) is 5.89 Å². The number of halogens is 3.